The first kappa shape index (κ1) is 21.6. The van der Waals surface area contributed by atoms with Gasteiger partial charge in [-0.3, -0.25) is 14.9 Å². The Bertz CT molecular complexity index is 1090. The number of furan rings is 1. The number of nitrogens with zero attached hydrogens (tertiary/aromatic N) is 2. The lowest BCUT2D eigenvalue weighted by Gasteiger charge is -2.05. The molecule has 3 rings (SSSR count). The van der Waals surface area contributed by atoms with Crippen molar-refractivity contribution in [2.24, 2.45) is 5.10 Å². The fraction of sp³-hybridized carbons (Fsp3) is 0.182. The molecule has 2 aromatic carbocycles. The number of carbonyl (C=O) groups is 1. The molecule has 0 radical (unpaired) electrons. The smallest absolute Gasteiger partial charge is 0.273 e. The summed E-state index contributed by atoms with van der Waals surface area (Å²) in [6.45, 7) is 2.64. The molecule has 9 heteroatoms. The van der Waals surface area contributed by atoms with Crippen molar-refractivity contribution in [1.29, 1.82) is 0 Å². The molecular formula is C22H21N3O6. The zero-order valence-electron chi connectivity index (χ0n) is 17.0. The minimum atomic E-state index is -0.499. The van der Waals surface area contributed by atoms with Gasteiger partial charge in [0.15, 0.2) is 0 Å². The maximum atomic E-state index is 12.2. The van der Waals surface area contributed by atoms with E-state index in [-0.39, 0.29) is 11.6 Å². The van der Waals surface area contributed by atoms with Gasteiger partial charge >= 0.3 is 0 Å². The van der Waals surface area contributed by atoms with Gasteiger partial charge in [-0.1, -0.05) is 6.92 Å². The third-order valence-corrected chi connectivity index (χ3v) is 4.24. The molecule has 0 atom stereocenters. The number of rotatable bonds is 9. The second-order valence-electron chi connectivity index (χ2n) is 6.42. The molecule has 0 fully saturated rings. The molecule has 0 spiro atoms. The third kappa shape index (κ3) is 5.47. The van der Waals surface area contributed by atoms with Gasteiger partial charge in [-0.2, -0.15) is 5.10 Å². The normalized spacial score (nSPS) is 10.8. The maximum absolute atomic E-state index is 12.2. The second kappa shape index (κ2) is 10.1. The Kier molecular flexibility index (Phi) is 7.00. The summed E-state index contributed by atoms with van der Waals surface area (Å²) in [7, 11) is 1.42. The molecule has 1 N–H and O–H groups in total. The van der Waals surface area contributed by atoms with E-state index >= 15 is 0 Å². The molecule has 1 heterocycles. The number of ether oxygens (including phenoxy) is 2. The van der Waals surface area contributed by atoms with Crippen LogP contribution in [0.4, 0.5) is 5.69 Å². The molecular weight excluding hydrogens is 402 g/mol. The highest BCUT2D eigenvalue weighted by Gasteiger charge is 2.15. The first-order valence-corrected chi connectivity index (χ1v) is 9.50. The molecule has 1 amide bonds. The molecule has 160 valence electrons. The van der Waals surface area contributed by atoms with Gasteiger partial charge in [-0.25, -0.2) is 5.43 Å². The SMILES string of the molecule is CCCOc1ccc(C(=O)N/N=C\c2ccc(-c3ccc([N+](=O)[O-])cc3OC)o2)cc1. The van der Waals surface area contributed by atoms with Crippen LogP contribution >= 0.6 is 0 Å². The Morgan fingerprint density at radius 2 is 1.97 bits per heavy atom. The first-order chi connectivity index (χ1) is 15.0. The van der Waals surface area contributed by atoms with E-state index in [1.807, 2.05) is 6.92 Å². The second-order valence-corrected chi connectivity index (χ2v) is 6.42. The van der Waals surface area contributed by atoms with Crippen molar-refractivity contribution < 1.29 is 23.6 Å². The number of nitro groups is 1. The van der Waals surface area contributed by atoms with Gasteiger partial charge in [-0.15, -0.1) is 0 Å². The van der Waals surface area contributed by atoms with Crippen LogP contribution in [0.25, 0.3) is 11.3 Å². The monoisotopic (exact) mass is 423 g/mol. The highest BCUT2D eigenvalue weighted by atomic mass is 16.6. The van der Waals surface area contributed by atoms with E-state index in [0.717, 1.165) is 6.42 Å². The predicted molar refractivity (Wildman–Crippen MR) is 115 cm³/mol. The summed E-state index contributed by atoms with van der Waals surface area (Å²) in [6.07, 6.45) is 2.26. The van der Waals surface area contributed by atoms with E-state index in [2.05, 4.69) is 10.5 Å². The van der Waals surface area contributed by atoms with Gasteiger partial charge in [0, 0.05) is 11.6 Å². The number of benzene rings is 2. The maximum Gasteiger partial charge on any atom is 0.273 e. The summed E-state index contributed by atoms with van der Waals surface area (Å²) in [4.78, 5) is 22.6. The lowest BCUT2D eigenvalue weighted by Crippen LogP contribution is -2.17. The molecule has 9 nitrogen and oxygen atoms in total. The van der Waals surface area contributed by atoms with Crippen LogP contribution in [0, 0.1) is 10.1 Å². The van der Waals surface area contributed by atoms with Crippen molar-refractivity contribution in [1.82, 2.24) is 5.43 Å². The Balaban J connectivity index is 1.64. The number of nitro benzene ring substituents is 1. The fourth-order valence-electron chi connectivity index (χ4n) is 2.71. The van der Waals surface area contributed by atoms with E-state index < -0.39 is 4.92 Å². The third-order valence-electron chi connectivity index (χ3n) is 4.24. The van der Waals surface area contributed by atoms with Crippen LogP contribution in [0.15, 0.2) is 64.1 Å². The van der Waals surface area contributed by atoms with E-state index in [1.165, 1.54) is 25.5 Å². The Morgan fingerprint density at radius 1 is 1.19 bits per heavy atom. The summed E-state index contributed by atoms with van der Waals surface area (Å²) in [5.74, 6) is 1.47. The molecule has 0 aliphatic carbocycles. The van der Waals surface area contributed by atoms with Crippen molar-refractivity contribution in [2.75, 3.05) is 13.7 Å². The van der Waals surface area contributed by atoms with Crippen LogP contribution < -0.4 is 14.9 Å². The number of hydrogen-bond acceptors (Lipinski definition) is 7. The number of amides is 1. The minimum Gasteiger partial charge on any atom is -0.496 e. The topological polar surface area (TPSA) is 116 Å². The van der Waals surface area contributed by atoms with Gasteiger partial charge < -0.3 is 13.9 Å². The van der Waals surface area contributed by atoms with Crippen molar-refractivity contribution in [3.05, 3.63) is 76.0 Å². The number of nitrogens with one attached hydrogen (secondary N) is 1. The van der Waals surface area contributed by atoms with Crippen molar-refractivity contribution in [3.63, 3.8) is 0 Å². The zero-order valence-corrected chi connectivity index (χ0v) is 17.0. The lowest BCUT2D eigenvalue weighted by molar-refractivity contribution is -0.384. The number of hydrazone groups is 1. The Morgan fingerprint density at radius 3 is 2.65 bits per heavy atom. The minimum absolute atomic E-state index is 0.0818. The molecule has 0 saturated heterocycles. The molecule has 3 aromatic rings. The summed E-state index contributed by atoms with van der Waals surface area (Å²) in [5, 5.41) is 14.8. The van der Waals surface area contributed by atoms with Gasteiger partial charge in [0.25, 0.3) is 11.6 Å². The van der Waals surface area contributed by atoms with Gasteiger partial charge in [0.1, 0.15) is 23.0 Å². The molecule has 31 heavy (non-hydrogen) atoms. The molecule has 0 aliphatic heterocycles. The van der Waals surface area contributed by atoms with Crippen LogP contribution in [-0.4, -0.2) is 30.8 Å². The zero-order chi connectivity index (χ0) is 22.2. The van der Waals surface area contributed by atoms with Crippen LogP contribution in [0.5, 0.6) is 11.5 Å². The fourth-order valence-corrected chi connectivity index (χ4v) is 2.71. The van der Waals surface area contributed by atoms with E-state index in [4.69, 9.17) is 13.9 Å². The molecule has 0 aliphatic rings. The highest BCUT2D eigenvalue weighted by molar-refractivity contribution is 5.94. The molecule has 1 aromatic heterocycles. The molecule has 0 saturated carbocycles. The quantitative estimate of drug-likeness (QED) is 0.309. The molecule has 0 bridgehead atoms. The average Bonchev–Trinajstić information content (AvgIpc) is 3.26. The lowest BCUT2D eigenvalue weighted by atomic mass is 10.1. The van der Waals surface area contributed by atoms with Gasteiger partial charge in [-0.05, 0) is 48.9 Å². The van der Waals surface area contributed by atoms with Crippen LogP contribution in [0.3, 0.4) is 0 Å². The summed E-state index contributed by atoms with van der Waals surface area (Å²) < 4.78 is 16.4. The van der Waals surface area contributed by atoms with Crippen LogP contribution in [-0.2, 0) is 0 Å². The van der Waals surface area contributed by atoms with Crippen molar-refractivity contribution in [3.8, 4) is 22.8 Å². The Hall–Kier alpha value is -4.14. The van der Waals surface area contributed by atoms with Crippen LogP contribution in [0.2, 0.25) is 0 Å². The van der Waals surface area contributed by atoms with Crippen molar-refractivity contribution >= 4 is 17.8 Å². The van der Waals surface area contributed by atoms with Gasteiger partial charge in [0.05, 0.1) is 36.5 Å². The molecule has 0 unspecified atom stereocenters. The largest absolute Gasteiger partial charge is 0.496 e. The first-order valence-electron chi connectivity index (χ1n) is 9.50. The number of non-ortho nitro benzene ring substituents is 1. The van der Waals surface area contributed by atoms with E-state index in [9.17, 15) is 14.9 Å². The number of carbonyl (C=O) groups excluding carboxylic acids is 1. The van der Waals surface area contributed by atoms with Gasteiger partial charge in [0.2, 0.25) is 0 Å². The van der Waals surface area contributed by atoms with E-state index in [0.29, 0.717) is 40.8 Å². The number of hydrogen-bond donors (Lipinski definition) is 1. The summed E-state index contributed by atoms with van der Waals surface area (Å²) in [6, 6.07) is 14.3. The van der Waals surface area contributed by atoms with E-state index in [1.54, 1.807) is 42.5 Å². The number of methoxy groups -OCH3 is 1. The predicted octanol–water partition coefficient (Wildman–Crippen LogP) is 4.42. The average molecular weight is 423 g/mol. The summed E-state index contributed by atoms with van der Waals surface area (Å²) >= 11 is 0. The van der Waals surface area contributed by atoms with Crippen LogP contribution in [0.1, 0.15) is 29.5 Å². The summed E-state index contributed by atoms with van der Waals surface area (Å²) in [5.41, 5.74) is 3.35. The Labute approximate surface area is 178 Å². The standard InChI is InChI=1S/C22H21N3O6/c1-3-12-30-17-7-4-15(5-8-17)22(26)24-23-14-18-9-11-20(31-18)19-10-6-16(25(27)28)13-21(19)29-2/h4-11,13-14H,3,12H2,1-2H3,(H,24,26)/b23-14-. The highest BCUT2D eigenvalue weighted by Crippen LogP contribution is 2.34. The van der Waals surface area contributed by atoms with Crippen molar-refractivity contribution in [2.45, 2.75) is 13.3 Å².